The summed E-state index contributed by atoms with van der Waals surface area (Å²) < 4.78 is 5.87. The summed E-state index contributed by atoms with van der Waals surface area (Å²) in [4.78, 5) is 6.78. The van der Waals surface area contributed by atoms with Gasteiger partial charge in [0.15, 0.2) is 0 Å². The third-order valence-electron chi connectivity index (χ3n) is 4.18. The van der Waals surface area contributed by atoms with Crippen molar-refractivity contribution in [1.82, 2.24) is 4.98 Å². The number of likely N-dealkylation sites (N-methyl/N-ethyl adjacent to an activating group) is 1. The van der Waals surface area contributed by atoms with Crippen molar-refractivity contribution in [3.63, 3.8) is 0 Å². The van der Waals surface area contributed by atoms with Crippen molar-refractivity contribution in [2.24, 2.45) is 5.73 Å². The molecule has 4 nitrogen and oxygen atoms in total. The number of benzene rings is 1. The van der Waals surface area contributed by atoms with Gasteiger partial charge in [0.2, 0.25) is 0 Å². The van der Waals surface area contributed by atoms with Crippen LogP contribution in [-0.2, 0) is 11.3 Å². The lowest BCUT2D eigenvalue weighted by Gasteiger charge is -2.30. The smallest absolute Gasteiger partial charge is 0.0749 e. The Bertz CT molecular complexity index is 608. The van der Waals surface area contributed by atoms with Crippen LogP contribution in [-0.4, -0.2) is 31.3 Å². The highest BCUT2D eigenvalue weighted by molar-refractivity contribution is 5.93. The van der Waals surface area contributed by atoms with Crippen LogP contribution in [0.15, 0.2) is 30.5 Å². The minimum absolute atomic E-state index is 0.321. The van der Waals surface area contributed by atoms with E-state index in [9.17, 15) is 0 Å². The average molecular weight is 285 g/mol. The molecular formula is C17H23N3O. The average Bonchev–Trinajstić information content (AvgIpc) is 2.54. The molecular weight excluding hydrogens is 262 g/mol. The largest absolute Gasteiger partial charge is 0.376 e. The number of hydrogen-bond acceptors (Lipinski definition) is 4. The molecule has 0 radical (unpaired) electrons. The maximum absolute atomic E-state index is 5.91. The van der Waals surface area contributed by atoms with Gasteiger partial charge in [-0.3, -0.25) is 4.98 Å². The van der Waals surface area contributed by atoms with E-state index < -0.39 is 0 Å². The number of aromatic nitrogens is 1. The molecule has 21 heavy (non-hydrogen) atoms. The van der Waals surface area contributed by atoms with Crippen molar-refractivity contribution in [2.45, 2.75) is 31.9 Å². The van der Waals surface area contributed by atoms with Crippen LogP contribution < -0.4 is 10.6 Å². The summed E-state index contributed by atoms with van der Waals surface area (Å²) in [6.45, 7) is 2.30. The molecule has 1 aliphatic rings. The first-order valence-corrected chi connectivity index (χ1v) is 7.69. The van der Waals surface area contributed by atoms with Gasteiger partial charge >= 0.3 is 0 Å². The molecule has 112 valence electrons. The number of pyridine rings is 1. The minimum atomic E-state index is 0.321. The third kappa shape index (κ3) is 3.01. The monoisotopic (exact) mass is 285 g/mol. The van der Waals surface area contributed by atoms with Crippen molar-refractivity contribution in [1.29, 1.82) is 0 Å². The minimum Gasteiger partial charge on any atom is -0.376 e. The molecule has 2 heterocycles. The molecule has 4 heteroatoms. The fourth-order valence-corrected chi connectivity index (χ4v) is 3.12. The van der Waals surface area contributed by atoms with Gasteiger partial charge in [-0.05, 0) is 25.3 Å². The summed E-state index contributed by atoms with van der Waals surface area (Å²) in [7, 11) is 2.12. The molecule has 0 saturated carbocycles. The fraction of sp³-hybridized carbons (Fsp3) is 0.471. The van der Waals surface area contributed by atoms with E-state index in [0.717, 1.165) is 30.7 Å². The van der Waals surface area contributed by atoms with E-state index in [4.69, 9.17) is 10.5 Å². The molecule has 1 atom stereocenters. The van der Waals surface area contributed by atoms with Crippen LogP contribution in [0.25, 0.3) is 10.9 Å². The zero-order valence-electron chi connectivity index (χ0n) is 12.6. The zero-order chi connectivity index (χ0) is 14.7. The first-order chi connectivity index (χ1) is 10.3. The van der Waals surface area contributed by atoms with Crippen molar-refractivity contribution in [3.05, 3.63) is 36.0 Å². The van der Waals surface area contributed by atoms with E-state index in [-0.39, 0.29) is 0 Å². The van der Waals surface area contributed by atoms with Crippen LogP contribution >= 0.6 is 0 Å². The summed E-state index contributed by atoms with van der Waals surface area (Å²) in [5.74, 6) is 0. The molecule has 0 spiro atoms. The van der Waals surface area contributed by atoms with E-state index in [0.29, 0.717) is 12.6 Å². The van der Waals surface area contributed by atoms with Crippen LogP contribution in [0, 0.1) is 0 Å². The Balaban J connectivity index is 1.93. The van der Waals surface area contributed by atoms with Gasteiger partial charge in [-0.15, -0.1) is 0 Å². The Morgan fingerprint density at radius 2 is 2.19 bits per heavy atom. The SMILES string of the molecule is CN(CC1CCCCO1)c1c(CN)cnc2ccccc12. The first kappa shape index (κ1) is 14.3. The third-order valence-corrected chi connectivity index (χ3v) is 4.18. The maximum Gasteiger partial charge on any atom is 0.0749 e. The van der Waals surface area contributed by atoms with Crippen LogP contribution in [0.4, 0.5) is 5.69 Å². The predicted octanol–water partition coefficient (Wildman–Crippen LogP) is 2.70. The van der Waals surface area contributed by atoms with E-state index >= 15 is 0 Å². The lowest BCUT2D eigenvalue weighted by molar-refractivity contribution is 0.0216. The summed E-state index contributed by atoms with van der Waals surface area (Å²) >= 11 is 0. The second-order valence-electron chi connectivity index (χ2n) is 5.72. The number of nitrogens with zero attached hydrogens (tertiary/aromatic N) is 2. The lowest BCUT2D eigenvalue weighted by atomic mass is 10.1. The molecule has 0 bridgehead atoms. The number of fused-ring (bicyclic) bond motifs is 1. The lowest BCUT2D eigenvalue weighted by Crippen LogP contribution is -2.34. The topological polar surface area (TPSA) is 51.4 Å². The highest BCUT2D eigenvalue weighted by Crippen LogP contribution is 2.29. The number of anilines is 1. The van der Waals surface area contributed by atoms with Crippen LogP contribution in [0.3, 0.4) is 0 Å². The van der Waals surface area contributed by atoms with Gasteiger partial charge in [0.1, 0.15) is 0 Å². The molecule has 2 N–H and O–H groups in total. The second kappa shape index (κ2) is 6.41. The maximum atomic E-state index is 5.91. The zero-order valence-corrected chi connectivity index (χ0v) is 12.6. The Morgan fingerprint density at radius 1 is 1.33 bits per heavy atom. The second-order valence-corrected chi connectivity index (χ2v) is 5.72. The van der Waals surface area contributed by atoms with Gasteiger partial charge in [-0.2, -0.15) is 0 Å². The molecule has 0 amide bonds. The number of ether oxygens (including phenoxy) is 1. The Kier molecular flexibility index (Phi) is 4.36. The Labute approximate surface area is 125 Å². The van der Waals surface area contributed by atoms with E-state index in [1.54, 1.807) is 0 Å². The summed E-state index contributed by atoms with van der Waals surface area (Å²) in [5, 5.41) is 1.17. The van der Waals surface area contributed by atoms with Crippen molar-refractivity contribution < 1.29 is 4.74 Å². The van der Waals surface area contributed by atoms with Gasteiger partial charge in [0.25, 0.3) is 0 Å². The summed E-state index contributed by atoms with van der Waals surface area (Å²) in [6.07, 6.45) is 5.81. The Hall–Kier alpha value is -1.65. The van der Waals surface area contributed by atoms with Crippen LogP contribution in [0.5, 0.6) is 0 Å². The molecule has 2 aromatic rings. The van der Waals surface area contributed by atoms with Crippen molar-refractivity contribution in [3.8, 4) is 0 Å². The standard InChI is InChI=1S/C17H23N3O/c1-20(12-14-6-4-5-9-21-14)17-13(10-18)11-19-16-8-3-2-7-15(16)17/h2-3,7-8,11,14H,4-6,9-10,12,18H2,1H3. The summed E-state index contributed by atoms with van der Waals surface area (Å²) in [5.41, 5.74) is 9.21. The quantitative estimate of drug-likeness (QED) is 0.938. The molecule has 1 aromatic carbocycles. The number of hydrogen-bond donors (Lipinski definition) is 1. The number of para-hydroxylation sites is 1. The van der Waals surface area contributed by atoms with Gasteiger partial charge in [0.05, 0.1) is 17.3 Å². The van der Waals surface area contributed by atoms with E-state index in [1.165, 1.54) is 23.9 Å². The molecule has 1 fully saturated rings. The first-order valence-electron chi connectivity index (χ1n) is 7.69. The number of rotatable bonds is 4. The normalized spacial score (nSPS) is 18.9. The van der Waals surface area contributed by atoms with Gasteiger partial charge in [-0.1, -0.05) is 18.2 Å². The van der Waals surface area contributed by atoms with Crippen LogP contribution in [0.1, 0.15) is 24.8 Å². The molecule has 1 aliphatic heterocycles. The van der Waals surface area contributed by atoms with Crippen molar-refractivity contribution >= 4 is 16.6 Å². The highest BCUT2D eigenvalue weighted by Gasteiger charge is 2.19. The van der Waals surface area contributed by atoms with Gasteiger partial charge < -0.3 is 15.4 Å². The Morgan fingerprint density at radius 3 is 2.95 bits per heavy atom. The predicted molar refractivity (Wildman–Crippen MR) is 86.5 cm³/mol. The van der Waals surface area contributed by atoms with Gasteiger partial charge in [-0.25, -0.2) is 0 Å². The van der Waals surface area contributed by atoms with E-state index in [2.05, 4.69) is 29.1 Å². The van der Waals surface area contributed by atoms with Gasteiger partial charge in [0, 0.05) is 43.9 Å². The van der Waals surface area contributed by atoms with Crippen molar-refractivity contribution in [2.75, 3.05) is 25.1 Å². The molecule has 1 saturated heterocycles. The van der Waals surface area contributed by atoms with E-state index in [1.807, 2.05) is 18.3 Å². The fourth-order valence-electron chi connectivity index (χ4n) is 3.12. The number of nitrogens with two attached hydrogens (primary N) is 1. The molecule has 1 unspecified atom stereocenters. The summed E-state index contributed by atoms with van der Waals surface area (Å²) in [6, 6.07) is 8.24. The molecule has 3 rings (SSSR count). The molecule has 1 aromatic heterocycles. The van der Waals surface area contributed by atoms with Crippen LogP contribution in [0.2, 0.25) is 0 Å². The molecule has 0 aliphatic carbocycles. The highest BCUT2D eigenvalue weighted by atomic mass is 16.5.